The Labute approximate surface area is 184 Å². The summed E-state index contributed by atoms with van der Waals surface area (Å²) in [7, 11) is 3.12. The summed E-state index contributed by atoms with van der Waals surface area (Å²) in [6.45, 7) is 4.35. The number of hydrogen-bond donors (Lipinski definition) is 0. The molecule has 1 unspecified atom stereocenters. The highest BCUT2D eigenvalue weighted by Crippen LogP contribution is 2.45. The molecule has 0 fully saturated rings. The van der Waals surface area contributed by atoms with Crippen LogP contribution in [0, 0.1) is 5.82 Å². The Kier molecular flexibility index (Phi) is 4.49. The quantitative estimate of drug-likeness (QED) is 0.484. The fourth-order valence-electron chi connectivity index (χ4n) is 4.79. The van der Waals surface area contributed by atoms with E-state index in [4.69, 9.17) is 4.74 Å². The van der Waals surface area contributed by atoms with E-state index in [1.807, 2.05) is 44.2 Å². The van der Waals surface area contributed by atoms with E-state index in [1.54, 1.807) is 25.2 Å². The monoisotopic (exact) mass is 433 g/mol. The molecule has 0 aliphatic carbocycles. The van der Waals surface area contributed by atoms with E-state index in [-0.39, 0.29) is 5.56 Å². The standard InChI is InChI=1S/C25H24FN3O3/c1-25(2)14-32-22(16-12-8-9-13-17(16)26)21-20-18(23(30)28(4)24(31)27(20)3)19(29(21)25)15-10-6-5-7-11-15/h5-13,22H,14H2,1-4H3. The molecule has 0 bridgehead atoms. The van der Waals surface area contributed by atoms with Gasteiger partial charge in [-0.1, -0.05) is 48.5 Å². The predicted molar refractivity (Wildman–Crippen MR) is 121 cm³/mol. The van der Waals surface area contributed by atoms with Crippen molar-refractivity contribution < 1.29 is 9.13 Å². The molecular formula is C25H24FN3O3. The summed E-state index contributed by atoms with van der Waals surface area (Å²) in [5, 5.41) is 0.427. The van der Waals surface area contributed by atoms with E-state index in [0.717, 1.165) is 10.1 Å². The maximum Gasteiger partial charge on any atom is 0.331 e. The number of benzene rings is 2. The number of fused-ring (bicyclic) bond motifs is 3. The van der Waals surface area contributed by atoms with Crippen molar-refractivity contribution in [1.82, 2.24) is 13.7 Å². The van der Waals surface area contributed by atoms with Crippen molar-refractivity contribution in [3.63, 3.8) is 0 Å². The third-order valence-corrected chi connectivity index (χ3v) is 6.30. The Balaban J connectivity index is 2.04. The highest BCUT2D eigenvalue weighted by Gasteiger charge is 2.41. The van der Waals surface area contributed by atoms with Crippen LogP contribution in [0.2, 0.25) is 0 Å². The summed E-state index contributed by atoms with van der Waals surface area (Å²) in [6.07, 6.45) is -0.762. The normalized spacial score (nSPS) is 17.5. The molecule has 0 saturated heterocycles. The van der Waals surface area contributed by atoms with Crippen molar-refractivity contribution in [3.8, 4) is 11.3 Å². The Morgan fingerprint density at radius 2 is 1.62 bits per heavy atom. The van der Waals surface area contributed by atoms with Crippen molar-refractivity contribution >= 4 is 10.9 Å². The van der Waals surface area contributed by atoms with Crippen LogP contribution in [0.5, 0.6) is 0 Å². The lowest BCUT2D eigenvalue weighted by molar-refractivity contribution is -0.00855. The summed E-state index contributed by atoms with van der Waals surface area (Å²) >= 11 is 0. The Hall–Kier alpha value is -3.45. The SMILES string of the molecule is Cn1c(=O)c2c(-c3ccccc3)n3c(c2n(C)c1=O)C(c1ccccc1F)OCC3(C)C. The summed E-state index contributed by atoms with van der Waals surface area (Å²) < 4.78 is 25.8. The van der Waals surface area contributed by atoms with Gasteiger partial charge in [0.1, 0.15) is 11.9 Å². The fraction of sp³-hybridized carbons (Fsp3) is 0.280. The van der Waals surface area contributed by atoms with Crippen molar-refractivity contribution in [2.45, 2.75) is 25.5 Å². The molecule has 0 saturated carbocycles. The zero-order valence-corrected chi connectivity index (χ0v) is 18.4. The van der Waals surface area contributed by atoms with Crippen LogP contribution in [-0.4, -0.2) is 20.3 Å². The molecule has 0 amide bonds. The number of aryl methyl sites for hydroxylation is 1. The van der Waals surface area contributed by atoms with Gasteiger partial charge in [0.15, 0.2) is 0 Å². The molecule has 0 N–H and O–H groups in total. The van der Waals surface area contributed by atoms with Crippen molar-refractivity contribution in [1.29, 1.82) is 0 Å². The average molecular weight is 433 g/mol. The van der Waals surface area contributed by atoms with Crippen molar-refractivity contribution in [2.75, 3.05) is 6.61 Å². The summed E-state index contributed by atoms with van der Waals surface area (Å²) in [6, 6.07) is 16.1. The molecule has 5 rings (SSSR count). The Bertz CT molecular complexity index is 1480. The van der Waals surface area contributed by atoms with Crippen molar-refractivity contribution in [3.05, 3.63) is 92.5 Å². The molecule has 32 heavy (non-hydrogen) atoms. The number of aromatic nitrogens is 3. The number of nitrogens with zero attached hydrogens (tertiary/aromatic N) is 3. The maximum absolute atomic E-state index is 14.9. The lowest BCUT2D eigenvalue weighted by Gasteiger charge is -2.39. The van der Waals surface area contributed by atoms with E-state index in [2.05, 4.69) is 4.57 Å². The number of ether oxygens (including phenoxy) is 1. The molecule has 2 aromatic carbocycles. The molecule has 7 heteroatoms. The molecule has 0 radical (unpaired) electrons. The van der Waals surface area contributed by atoms with Gasteiger partial charge < -0.3 is 9.30 Å². The van der Waals surface area contributed by atoms with Gasteiger partial charge in [0, 0.05) is 19.7 Å². The van der Waals surface area contributed by atoms with Gasteiger partial charge >= 0.3 is 5.69 Å². The molecular weight excluding hydrogens is 409 g/mol. The molecule has 1 atom stereocenters. The second-order valence-electron chi connectivity index (χ2n) is 8.89. The summed E-state index contributed by atoms with van der Waals surface area (Å²) in [4.78, 5) is 26.4. The molecule has 6 nitrogen and oxygen atoms in total. The largest absolute Gasteiger partial charge is 0.365 e. The zero-order chi connectivity index (χ0) is 22.8. The van der Waals surface area contributed by atoms with E-state index in [9.17, 15) is 14.0 Å². The maximum atomic E-state index is 14.9. The minimum atomic E-state index is -0.762. The van der Waals surface area contributed by atoms with Gasteiger partial charge in [0.2, 0.25) is 0 Å². The summed E-state index contributed by atoms with van der Waals surface area (Å²) in [5.41, 5.74) is 1.65. The molecule has 164 valence electrons. The summed E-state index contributed by atoms with van der Waals surface area (Å²) in [5.74, 6) is -0.395. The van der Waals surface area contributed by atoms with Gasteiger partial charge in [-0.25, -0.2) is 9.18 Å². The fourth-order valence-corrected chi connectivity index (χ4v) is 4.79. The molecule has 2 aromatic heterocycles. The second kappa shape index (κ2) is 7.03. The van der Waals surface area contributed by atoms with E-state index >= 15 is 0 Å². The Morgan fingerprint density at radius 3 is 2.31 bits per heavy atom. The van der Waals surface area contributed by atoms with E-state index in [1.165, 1.54) is 17.7 Å². The highest BCUT2D eigenvalue weighted by atomic mass is 19.1. The zero-order valence-electron chi connectivity index (χ0n) is 18.4. The second-order valence-corrected chi connectivity index (χ2v) is 8.89. The lowest BCUT2D eigenvalue weighted by atomic mass is 9.97. The first-order valence-corrected chi connectivity index (χ1v) is 10.5. The molecule has 1 aliphatic rings. The number of hydrogen-bond acceptors (Lipinski definition) is 3. The van der Waals surface area contributed by atoms with Crippen LogP contribution in [0.25, 0.3) is 22.2 Å². The minimum Gasteiger partial charge on any atom is -0.365 e. The van der Waals surface area contributed by atoms with Crippen LogP contribution >= 0.6 is 0 Å². The number of rotatable bonds is 2. The number of halogens is 1. The minimum absolute atomic E-state index is 0.314. The molecule has 3 heterocycles. The third kappa shape index (κ3) is 2.74. The van der Waals surface area contributed by atoms with Gasteiger partial charge in [0.25, 0.3) is 5.56 Å². The van der Waals surface area contributed by atoms with Gasteiger partial charge in [-0.05, 0) is 25.5 Å². The molecule has 0 spiro atoms. The van der Waals surface area contributed by atoms with Crippen LogP contribution in [0.4, 0.5) is 4.39 Å². The lowest BCUT2D eigenvalue weighted by Crippen LogP contribution is -2.40. The van der Waals surface area contributed by atoms with E-state index in [0.29, 0.717) is 34.5 Å². The highest BCUT2D eigenvalue weighted by molar-refractivity contribution is 5.96. The van der Waals surface area contributed by atoms with E-state index < -0.39 is 23.1 Å². The van der Waals surface area contributed by atoms with Gasteiger partial charge in [-0.2, -0.15) is 0 Å². The first-order valence-electron chi connectivity index (χ1n) is 10.5. The first kappa shape index (κ1) is 20.5. The van der Waals surface area contributed by atoms with Crippen LogP contribution in [0.3, 0.4) is 0 Å². The van der Waals surface area contributed by atoms with Gasteiger partial charge in [-0.15, -0.1) is 0 Å². The molecule has 1 aliphatic heterocycles. The average Bonchev–Trinajstić information content (AvgIpc) is 3.15. The first-order chi connectivity index (χ1) is 15.2. The van der Waals surface area contributed by atoms with Gasteiger partial charge in [0.05, 0.1) is 34.4 Å². The van der Waals surface area contributed by atoms with Crippen LogP contribution < -0.4 is 11.2 Å². The van der Waals surface area contributed by atoms with Crippen LogP contribution in [0.1, 0.15) is 31.2 Å². The van der Waals surface area contributed by atoms with Crippen LogP contribution in [-0.2, 0) is 24.4 Å². The predicted octanol–water partition coefficient (Wildman–Crippen LogP) is 3.70. The topological polar surface area (TPSA) is 58.2 Å². The van der Waals surface area contributed by atoms with Gasteiger partial charge in [-0.3, -0.25) is 13.9 Å². The van der Waals surface area contributed by atoms with Crippen LogP contribution in [0.15, 0.2) is 64.2 Å². The Morgan fingerprint density at radius 1 is 0.969 bits per heavy atom. The third-order valence-electron chi connectivity index (χ3n) is 6.30. The van der Waals surface area contributed by atoms with Crippen molar-refractivity contribution in [2.24, 2.45) is 14.1 Å². The molecule has 4 aromatic rings. The smallest absolute Gasteiger partial charge is 0.331 e.